The minimum absolute atomic E-state index is 0. The fraction of sp³-hybridized carbons (Fsp3) is 0.909. The highest BCUT2D eigenvalue weighted by molar-refractivity contribution is 7.90. The fourth-order valence-electron chi connectivity index (χ4n) is 2.31. The zero-order valence-corrected chi connectivity index (χ0v) is 12.9. The van der Waals surface area contributed by atoms with Crippen LogP contribution in [0.3, 0.4) is 0 Å². The number of nitrogens with two attached hydrogens (primary N) is 1. The summed E-state index contributed by atoms with van der Waals surface area (Å²) in [6, 6.07) is -0.324. The number of sulfonamides is 1. The van der Waals surface area contributed by atoms with Crippen LogP contribution in [0, 0.1) is 5.92 Å². The summed E-state index contributed by atoms with van der Waals surface area (Å²) < 4.78 is 31.6. The largest absolute Gasteiger partial charge is 0.469 e. The number of hydrogen-bond acceptors (Lipinski definition) is 5. The van der Waals surface area contributed by atoms with Gasteiger partial charge in [-0.1, -0.05) is 12.8 Å². The lowest BCUT2D eigenvalue weighted by atomic mass is 9.89. The van der Waals surface area contributed by atoms with E-state index in [1.54, 1.807) is 6.92 Å². The van der Waals surface area contributed by atoms with E-state index in [0.29, 0.717) is 12.8 Å². The van der Waals surface area contributed by atoms with E-state index in [4.69, 9.17) is 10.5 Å². The van der Waals surface area contributed by atoms with Gasteiger partial charge in [0.25, 0.3) is 0 Å². The normalized spacial score (nSPS) is 25.2. The van der Waals surface area contributed by atoms with Gasteiger partial charge in [-0.2, -0.15) is 0 Å². The molecule has 0 radical (unpaired) electrons. The number of hydrogen-bond donors (Lipinski definition) is 2. The second kappa shape index (κ2) is 8.04. The van der Waals surface area contributed by atoms with Crippen LogP contribution in [0.5, 0.6) is 0 Å². The summed E-state index contributed by atoms with van der Waals surface area (Å²) in [7, 11) is -2.24. The molecule has 1 fully saturated rings. The zero-order chi connectivity index (χ0) is 13.8. The lowest BCUT2D eigenvalue weighted by molar-refractivity contribution is -0.146. The summed E-state index contributed by atoms with van der Waals surface area (Å²) in [4.78, 5) is 11.6. The second-order valence-corrected chi connectivity index (χ2v) is 6.68. The third-order valence-corrected chi connectivity index (χ3v) is 5.42. The van der Waals surface area contributed by atoms with E-state index in [1.807, 2.05) is 0 Å². The minimum atomic E-state index is -3.53. The smallest absolute Gasteiger partial charge is 0.310 e. The van der Waals surface area contributed by atoms with Crippen LogP contribution in [0.2, 0.25) is 0 Å². The first kappa shape index (κ1) is 18.6. The van der Waals surface area contributed by atoms with Crippen LogP contribution < -0.4 is 10.5 Å². The van der Waals surface area contributed by atoms with E-state index < -0.39 is 27.2 Å². The van der Waals surface area contributed by atoms with Gasteiger partial charge in [0, 0.05) is 12.6 Å². The molecule has 0 spiro atoms. The molecule has 0 aromatic heterocycles. The Morgan fingerprint density at radius 3 is 2.53 bits per heavy atom. The van der Waals surface area contributed by atoms with Gasteiger partial charge in [0.15, 0.2) is 0 Å². The summed E-state index contributed by atoms with van der Waals surface area (Å²) in [6.07, 6.45) is 2.73. The van der Waals surface area contributed by atoms with Gasteiger partial charge in [-0.3, -0.25) is 4.79 Å². The number of halogens is 1. The van der Waals surface area contributed by atoms with Crippen LogP contribution in [0.1, 0.15) is 32.6 Å². The molecule has 0 saturated heterocycles. The molecular formula is C11H23ClN2O4S. The third-order valence-electron chi connectivity index (χ3n) is 3.32. The lowest BCUT2D eigenvalue weighted by Crippen LogP contribution is -2.48. The van der Waals surface area contributed by atoms with Gasteiger partial charge in [-0.15, -0.1) is 12.4 Å². The highest BCUT2D eigenvalue weighted by Gasteiger charge is 2.40. The van der Waals surface area contributed by atoms with E-state index in [0.717, 1.165) is 12.8 Å². The van der Waals surface area contributed by atoms with Gasteiger partial charge in [0.1, 0.15) is 0 Å². The Morgan fingerprint density at radius 2 is 2.00 bits per heavy atom. The molecule has 1 aliphatic rings. The maximum Gasteiger partial charge on any atom is 0.310 e. The molecule has 2 unspecified atom stereocenters. The van der Waals surface area contributed by atoms with E-state index in [9.17, 15) is 13.2 Å². The van der Waals surface area contributed by atoms with Gasteiger partial charge < -0.3 is 10.5 Å². The standard InChI is InChI=1S/C11H22N2O4S.ClH/c1-8(7-12)13-18(15,16)10-6-4-3-5-9(10)11(14)17-2;/h8-10,13H,3-7,12H2,1-2H3;1H/t8-,9?,10?;/m0./s1. The quantitative estimate of drug-likeness (QED) is 0.716. The molecule has 0 heterocycles. The molecule has 0 aliphatic heterocycles. The van der Waals surface area contributed by atoms with Crippen molar-refractivity contribution in [2.24, 2.45) is 11.7 Å². The second-order valence-electron chi connectivity index (χ2n) is 4.75. The Balaban J connectivity index is 0.00000324. The summed E-state index contributed by atoms with van der Waals surface area (Å²) in [5.41, 5.74) is 5.41. The van der Waals surface area contributed by atoms with Crippen molar-refractivity contribution in [1.29, 1.82) is 0 Å². The van der Waals surface area contributed by atoms with Crippen LogP contribution in [-0.2, 0) is 19.6 Å². The maximum atomic E-state index is 12.2. The Bertz CT molecular complexity index is 388. The molecule has 0 aromatic carbocycles. The summed E-state index contributed by atoms with van der Waals surface area (Å²) >= 11 is 0. The van der Waals surface area contributed by atoms with Crippen molar-refractivity contribution in [2.45, 2.75) is 43.9 Å². The van der Waals surface area contributed by atoms with Crippen LogP contribution in [-0.4, -0.2) is 39.3 Å². The predicted molar refractivity (Wildman–Crippen MR) is 75.6 cm³/mol. The van der Waals surface area contributed by atoms with Crippen LogP contribution in [0.15, 0.2) is 0 Å². The minimum Gasteiger partial charge on any atom is -0.469 e. The zero-order valence-electron chi connectivity index (χ0n) is 11.3. The number of rotatable bonds is 5. The maximum absolute atomic E-state index is 12.2. The molecule has 3 atom stereocenters. The van der Waals surface area contributed by atoms with Crippen molar-refractivity contribution in [1.82, 2.24) is 4.72 Å². The van der Waals surface area contributed by atoms with Crippen molar-refractivity contribution in [3.63, 3.8) is 0 Å². The monoisotopic (exact) mass is 314 g/mol. The molecule has 1 aliphatic carbocycles. The van der Waals surface area contributed by atoms with Gasteiger partial charge >= 0.3 is 5.97 Å². The Kier molecular flexibility index (Phi) is 7.88. The molecule has 1 saturated carbocycles. The molecule has 0 amide bonds. The van der Waals surface area contributed by atoms with Gasteiger partial charge in [-0.25, -0.2) is 13.1 Å². The fourth-order valence-corrected chi connectivity index (χ4v) is 4.29. The molecule has 0 bridgehead atoms. The van der Waals surface area contributed by atoms with Gasteiger partial charge in [-0.05, 0) is 19.8 Å². The highest BCUT2D eigenvalue weighted by Crippen LogP contribution is 2.30. The summed E-state index contributed by atoms with van der Waals surface area (Å²) in [5.74, 6) is -1.00. The number of esters is 1. The topological polar surface area (TPSA) is 98.5 Å². The van der Waals surface area contributed by atoms with Crippen LogP contribution >= 0.6 is 12.4 Å². The molecule has 6 nitrogen and oxygen atoms in total. The Labute approximate surface area is 120 Å². The predicted octanol–water partition coefficient (Wildman–Crippen LogP) is 0.407. The average molecular weight is 315 g/mol. The van der Waals surface area contributed by atoms with E-state index in [1.165, 1.54) is 7.11 Å². The summed E-state index contributed by atoms with van der Waals surface area (Å²) in [5, 5.41) is -0.701. The van der Waals surface area contributed by atoms with Gasteiger partial charge in [0.05, 0.1) is 18.3 Å². The van der Waals surface area contributed by atoms with Crippen molar-refractivity contribution in [3.8, 4) is 0 Å². The number of methoxy groups -OCH3 is 1. The first-order valence-corrected chi connectivity index (χ1v) is 7.76. The van der Waals surface area contributed by atoms with Crippen molar-refractivity contribution < 1.29 is 17.9 Å². The summed E-state index contributed by atoms with van der Waals surface area (Å²) in [6.45, 7) is 1.93. The first-order valence-electron chi connectivity index (χ1n) is 6.21. The molecule has 3 N–H and O–H groups in total. The molecule has 1 rings (SSSR count). The van der Waals surface area contributed by atoms with Crippen molar-refractivity contribution in [2.75, 3.05) is 13.7 Å². The number of nitrogens with one attached hydrogen (secondary N) is 1. The number of carbonyl (C=O) groups is 1. The highest BCUT2D eigenvalue weighted by atomic mass is 35.5. The van der Waals surface area contributed by atoms with Gasteiger partial charge in [0.2, 0.25) is 10.0 Å². The molecule has 8 heteroatoms. The van der Waals surface area contributed by atoms with E-state index >= 15 is 0 Å². The lowest BCUT2D eigenvalue weighted by Gasteiger charge is -2.30. The molecule has 0 aromatic rings. The van der Waals surface area contributed by atoms with Crippen molar-refractivity contribution in [3.05, 3.63) is 0 Å². The third kappa shape index (κ3) is 4.91. The average Bonchev–Trinajstić information content (AvgIpc) is 2.37. The first-order chi connectivity index (χ1) is 8.42. The van der Waals surface area contributed by atoms with Crippen molar-refractivity contribution >= 4 is 28.4 Å². The molecular weight excluding hydrogens is 292 g/mol. The van der Waals surface area contributed by atoms with E-state index in [2.05, 4.69) is 4.72 Å². The molecule has 114 valence electrons. The SMILES string of the molecule is COC(=O)C1CCCCC1S(=O)(=O)N[C@@H](C)CN.Cl. The van der Waals surface area contributed by atoms with Crippen LogP contribution in [0.4, 0.5) is 0 Å². The number of ether oxygens (including phenoxy) is 1. The Hall–Kier alpha value is -0.370. The Morgan fingerprint density at radius 1 is 1.42 bits per heavy atom. The number of carbonyl (C=O) groups excluding carboxylic acids is 1. The van der Waals surface area contributed by atoms with Crippen LogP contribution in [0.25, 0.3) is 0 Å². The van der Waals surface area contributed by atoms with E-state index in [-0.39, 0.29) is 25.0 Å². The molecule has 19 heavy (non-hydrogen) atoms.